The first-order chi connectivity index (χ1) is 14.9. The van der Waals surface area contributed by atoms with Gasteiger partial charge in [-0.25, -0.2) is 4.79 Å². The van der Waals surface area contributed by atoms with Crippen molar-refractivity contribution in [1.82, 2.24) is 9.80 Å². The van der Waals surface area contributed by atoms with Crippen LogP contribution in [0.4, 0.5) is 5.69 Å². The molecular weight excluding hydrogens is 398 g/mol. The van der Waals surface area contributed by atoms with Gasteiger partial charge in [-0.3, -0.25) is 19.3 Å². The Labute approximate surface area is 181 Å². The van der Waals surface area contributed by atoms with Crippen molar-refractivity contribution in [3.63, 3.8) is 0 Å². The van der Waals surface area contributed by atoms with Gasteiger partial charge in [-0.05, 0) is 30.9 Å². The number of carbonyl (C=O) groups is 4. The molecule has 3 amide bonds. The van der Waals surface area contributed by atoms with Crippen molar-refractivity contribution in [3.8, 4) is 0 Å². The third-order valence-corrected chi connectivity index (χ3v) is 6.35. The quantitative estimate of drug-likeness (QED) is 0.532. The average Bonchev–Trinajstić information content (AvgIpc) is 3.13. The molecule has 0 aromatic heterocycles. The van der Waals surface area contributed by atoms with Gasteiger partial charge >= 0.3 is 5.97 Å². The van der Waals surface area contributed by atoms with Crippen molar-refractivity contribution < 1.29 is 23.9 Å². The molecule has 2 fully saturated rings. The maximum atomic E-state index is 13.4. The molecule has 8 heteroatoms. The van der Waals surface area contributed by atoms with E-state index in [-0.39, 0.29) is 37.1 Å². The lowest BCUT2D eigenvalue weighted by atomic mass is 9.96. The van der Waals surface area contributed by atoms with Crippen LogP contribution in [0, 0.1) is 5.92 Å². The summed E-state index contributed by atoms with van der Waals surface area (Å²) in [5.41, 5.74) is -0.864. The number of para-hydroxylation sites is 1. The Morgan fingerprint density at radius 3 is 2.81 bits per heavy atom. The minimum Gasteiger partial charge on any atom is -0.452 e. The van der Waals surface area contributed by atoms with Crippen molar-refractivity contribution >= 4 is 29.4 Å². The third kappa shape index (κ3) is 3.40. The molecule has 0 bridgehead atoms. The molecule has 1 aromatic rings. The number of rotatable bonds is 5. The van der Waals surface area contributed by atoms with Gasteiger partial charge in [0.15, 0.2) is 6.61 Å². The normalized spacial score (nSPS) is 25.2. The van der Waals surface area contributed by atoms with E-state index in [0.717, 1.165) is 12.8 Å². The van der Waals surface area contributed by atoms with Crippen LogP contribution in [0.3, 0.4) is 0 Å². The Balaban J connectivity index is 1.63. The molecule has 3 aliphatic heterocycles. The van der Waals surface area contributed by atoms with Gasteiger partial charge in [0.2, 0.25) is 11.6 Å². The molecule has 0 aliphatic carbocycles. The summed E-state index contributed by atoms with van der Waals surface area (Å²) in [6, 6.07) is 6.73. The maximum Gasteiger partial charge on any atom is 0.354 e. The Kier molecular flexibility index (Phi) is 5.56. The van der Waals surface area contributed by atoms with Crippen LogP contribution in [0.1, 0.15) is 43.0 Å². The zero-order valence-electron chi connectivity index (χ0n) is 17.7. The van der Waals surface area contributed by atoms with Crippen LogP contribution in [-0.2, 0) is 19.1 Å². The first-order valence-corrected chi connectivity index (χ1v) is 10.7. The van der Waals surface area contributed by atoms with E-state index >= 15 is 0 Å². The predicted molar refractivity (Wildman–Crippen MR) is 113 cm³/mol. The molecule has 31 heavy (non-hydrogen) atoms. The lowest BCUT2D eigenvalue weighted by Gasteiger charge is -2.48. The molecule has 0 unspecified atom stereocenters. The second kappa shape index (κ2) is 8.17. The summed E-state index contributed by atoms with van der Waals surface area (Å²) in [7, 11) is 0. The average molecular weight is 425 g/mol. The van der Waals surface area contributed by atoms with Gasteiger partial charge in [0.1, 0.15) is 0 Å². The molecule has 164 valence electrons. The second-order valence-electron chi connectivity index (χ2n) is 8.43. The van der Waals surface area contributed by atoms with Crippen molar-refractivity contribution in [3.05, 3.63) is 42.5 Å². The Morgan fingerprint density at radius 2 is 2.06 bits per heavy atom. The first-order valence-electron chi connectivity index (χ1n) is 10.7. The number of benzene rings is 1. The summed E-state index contributed by atoms with van der Waals surface area (Å²) < 4.78 is 5.47. The molecule has 2 atom stereocenters. The van der Waals surface area contributed by atoms with Crippen molar-refractivity contribution in [2.24, 2.45) is 5.92 Å². The van der Waals surface area contributed by atoms with Crippen molar-refractivity contribution in [1.29, 1.82) is 0 Å². The van der Waals surface area contributed by atoms with Gasteiger partial charge < -0.3 is 14.5 Å². The van der Waals surface area contributed by atoms with Gasteiger partial charge in [0.25, 0.3) is 11.8 Å². The van der Waals surface area contributed by atoms with Crippen LogP contribution in [0.2, 0.25) is 0 Å². The number of fused-ring (bicyclic) bond motifs is 3. The smallest absolute Gasteiger partial charge is 0.354 e. The summed E-state index contributed by atoms with van der Waals surface area (Å²) in [6.07, 6.45) is 3.71. The Hall–Kier alpha value is -3.16. The minimum absolute atomic E-state index is 0.0730. The highest BCUT2D eigenvalue weighted by Gasteiger charge is 2.61. The molecule has 2 saturated heterocycles. The number of anilines is 1. The topological polar surface area (TPSA) is 87.2 Å². The summed E-state index contributed by atoms with van der Waals surface area (Å²) in [4.78, 5) is 56.5. The van der Waals surface area contributed by atoms with E-state index in [1.54, 1.807) is 29.2 Å². The minimum atomic E-state index is -1.60. The van der Waals surface area contributed by atoms with Crippen LogP contribution < -0.4 is 4.90 Å². The fourth-order valence-corrected chi connectivity index (χ4v) is 4.88. The van der Waals surface area contributed by atoms with Crippen LogP contribution in [-0.4, -0.2) is 65.4 Å². The summed E-state index contributed by atoms with van der Waals surface area (Å²) in [6.45, 7) is 6.74. The highest BCUT2D eigenvalue weighted by Crippen LogP contribution is 2.45. The molecule has 0 radical (unpaired) electrons. The van der Waals surface area contributed by atoms with Gasteiger partial charge in [0, 0.05) is 32.5 Å². The van der Waals surface area contributed by atoms with E-state index in [4.69, 9.17) is 4.74 Å². The van der Waals surface area contributed by atoms with Crippen molar-refractivity contribution in [2.45, 2.75) is 38.3 Å². The summed E-state index contributed by atoms with van der Waals surface area (Å²) in [5, 5.41) is 0. The molecule has 3 heterocycles. The third-order valence-electron chi connectivity index (χ3n) is 6.35. The predicted octanol–water partition coefficient (Wildman–Crippen LogP) is 1.95. The number of carbonyl (C=O) groups excluding carboxylic acids is 4. The zero-order valence-corrected chi connectivity index (χ0v) is 17.7. The molecule has 8 nitrogen and oxygen atoms in total. The van der Waals surface area contributed by atoms with Gasteiger partial charge in [0.05, 0.1) is 11.3 Å². The number of hydrogen-bond donors (Lipinski definition) is 0. The van der Waals surface area contributed by atoms with Crippen LogP contribution >= 0.6 is 0 Å². The summed E-state index contributed by atoms with van der Waals surface area (Å²) in [5.74, 6) is -1.24. The molecule has 3 aliphatic rings. The van der Waals surface area contributed by atoms with E-state index in [1.165, 1.54) is 15.9 Å². The first kappa shape index (κ1) is 21.1. The lowest BCUT2D eigenvalue weighted by Crippen LogP contribution is -2.68. The molecule has 0 N–H and O–H groups in total. The van der Waals surface area contributed by atoms with E-state index in [2.05, 4.69) is 13.5 Å². The van der Waals surface area contributed by atoms with E-state index in [9.17, 15) is 19.2 Å². The Bertz CT molecular complexity index is 945. The summed E-state index contributed by atoms with van der Waals surface area (Å²) >= 11 is 0. The van der Waals surface area contributed by atoms with E-state index in [0.29, 0.717) is 30.3 Å². The largest absolute Gasteiger partial charge is 0.452 e. The Morgan fingerprint density at radius 1 is 1.29 bits per heavy atom. The standard InChI is InChI=1S/C23H27N3O5/c1-3-12-25-21(29)17-8-4-5-9-18(17)26-19(27)10-11-23(25,26)22(30)31-15-20(28)24-13-6-7-16(2)14-24/h3-5,8-9,16H,1,6-7,10-15H2,2H3/t16-,23-/m1/s1. The van der Waals surface area contributed by atoms with E-state index < -0.39 is 18.2 Å². The second-order valence-corrected chi connectivity index (χ2v) is 8.43. The van der Waals surface area contributed by atoms with Gasteiger partial charge in [-0.1, -0.05) is 25.1 Å². The number of piperidine rings is 1. The number of amides is 3. The lowest BCUT2D eigenvalue weighted by molar-refractivity contribution is -0.162. The number of likely N-dealkylation sites (tertiary alicyclic amines) is 1. The maximum absolute atomic E-state index is 13.4. The van der Waals surface area contributed by atoms with E-state index in [1.807, 2.05) is 0 Å². The zero-order chi connectivity index (χ0) is 22.2. The highest BCUT2D eigenvalue weighted by atomic mass is 16.5. The number of hydrogen-bond acceptors (Lipinski definition) is 5. The van der Waals surface area contributed by atoms with Crippen LogP contribution in [0.5, 0.6) is 0 Å². The van der Waals surface area contributed by atoms with Crippen molar-refractivity contribution in [2.75, 3.05) is 31.1 Å². The molecule has 4 rings (SSSR count). The molecule has 0 saturated carbocycles. The van der Waals surface area contributed by atoms with Gasteiger partial charge in [-0.2, -0.15) is 0 Å². The molecule has 0 spiro atoms. The number of ether oxygens (including phenoxy) is 1. The number of nitrogens with zero attached hydrogens (tertiary/aromatic N) is 3. The SMILES string of the molecule is C=CCN1C(=O)c2ccccc2N2C(=O)CC[C@@]12C(=O)OCC(=O)N1CCC[C@@H](C)C1. The highest BCUT2D eigenvalue weighted by molar-refractivity contribution is 6.15. The monoisotopic (exact) mass is 425 g/mol. The fourth-order valence-electron chi connectivity index (χ4n) is 4.88. The fraction of sp³-hybridized carbons (Fsp3) is 0.478. The van der Waals surface area contributed by atoms with Crippen LogP contribution in [0.25, 0.3) is 0 Å². The molecule has 1 aromatic carbocycles. The van der Waals surface area contributed by atoms with Crippen LogP contribution in [0.15, 0.2) is 36.9 Å². The number of esters is 1. The van der Waals surface area contributed by atoms with Gasteiger partial charge in [-0.15, -0.1) is 6.58 Å². The molecular formula is C23H27N3O5.